The molecule has 0 saturated carbocycles. The summed E-state index contributed by atoms with van der Waals surface area (Å²) in [5.74, 6) is 0.813. The monoisotopic (exact) mass is 334 g/mol. The van der Waals surface area contributed by atoms with Crippen LogP contribution in [0.5, 0.6) is 0 Å². The topological polar surface area (TPSA) is 0 Å². The summed E-state index contributed by atoms with van der Waals surface area (Å²) in [7, 11) is 1.40. The molecule has 24 heavy (non-hydrogen) atoms. The highest BCUT2D eigenvalue weighted by Gasteiger charge is 2.25. The van der Waals surface area contributed by atoms with Gasteiger partial charge in [0.05, 0.1) is 0 Å². The number of rotatable bonds is 8. The van der Waals surface area contributed by atoms with Crippen molar-refractivity contribution in [2.75, 3.05) is 0 Å². The Bertz CT molecular complexity index is 710. The highest BCUT2D eigenvalue weighted by molar-refractivity contribution is 7.57. The van der Waals surface area contributed by atoms with Gasteiger partial charge in [0.25, 0.3) is 0 Å². The van der Waals surface area contributed by atoms with Gasteiger partial charge in [-0.1, -0.05) is 108 Å². The lowest BCUT2D eigenvalue weighted by Crippen LogP contribution is -2.15. The fraction of sp³-hybridized carbons (Fsp3) is 0.348. The average molecular weight is 334 g/mol. The van der Waals surface area contributed by atoms with Crippen LogP contribution in [-0.4, -0.2) is 5.29 Å². The molecule has 3 rings (SSSR count). The van der Waals surface area contributed by atoms with Gasteiger partial charge in [-0.2, -0.15) is 0 Å². The molecule has 1 aliphatic rings. The van der Waals surface area contributed by atoms with E-state index >= 15 is 0 Å². The smallest absolute Gasteiger partial charge is 0.0138 e. The summed E-state index contributed by atoms with van der Waals surface area (Å²) in [5, 5.41) is 3.09. The van der Waals surface area contributed by atoms with Crippen LogP contribution in [0.3, 0.4) is 0 Å². The Morgan fingerprint density at radius 2 is 1.46 bits per heavy atom. The number of unbranched alkanes of at least 4 members (excludes halogenated alkanes) is 1. The van der Waals surface area contributed by atoms with Crippen LogP contribution in [0, 0.1) is 5.92 Å². The van der Waals surface area contributed by atoms with Gasteiger partial charge in [0.15, 0.2) is 0 Å². The van der Waals surface area contributed by atoms with Crippen LogP contribution in [0.25, 0.3) is 5.31 Å². The Morgan fingerprint density at radius 1 is 0.833 bits per heavy atom. The molecule has 0 aromatic heterocycles. The van der Waals surface area contributed by atoms with Gasteiger partial charge in [0.2, 0.25) is 0 Å². The van der Waals surface area contributed by atoms with E-state index in [4.69, 9.17) is 0 Å². The molecule has 0 N–H and O–H groups in total. The first-order valence-electron chi connectivity index (χ1n) is 9.26. The van der Waals surface area contributed by atoms with Gasteiger partial charge in [-0.05, 0) is 29.0 Å². The third kappa shape index (κ3) is 3.87. The summed E-state index contributed by atoms with van der Waals surface area (Å²) >= 11 is 0. The van der Waals surface area contributed by atoms with E-state index in [0.717, 1.165) is 5.92 Å². The predicted molar refractivity (Wildman–Crippen MR) is 109 cm³/mol. The van der Waals surface area contributed by atoms with E-state index in [2.05, 4.69) is 74.5 Å². The fourth-order valence-corrected chi connectivity index (χ4v) is 4.69. The molecular formula is C23H27P. The van der Waals surface area contributed by atoms with Crippen molar-refractivity contribution in [1.29, 1.82) is 0 Å². The van der Waals surface area contributed by atoms with E-state index in [0.29, 0.717) is 0 Å². The predicted octanol–water partition coefficient (Wildman–Crippen LogP) is 7.18. The van der Waals surface area contributed by atoms with Crippen molar-refractivity contribution in [2.24, 2.45) is 5.92 Å². The molecule has 1 heterocycles. The zero-order valence-corrected chi connectivity index (χ0v) is 15.7. The van der Waals surface area contributed by atoms with Crippen molar-refractivity contribution < 1.29 is 0 Å². The van der Waals surface area contributed by atoms with Crippen molar-refractivity contribution in [3.8, 4) is 0 Å². The van der Waals surface area contributed by atoms with Gasteiger partial charge in [-0.25, -0.2) is 0 Å². The van der Waals surface area contributed by atoms with Crippen LogP contribution >= 0.6 is 8.20 Å². The van der Waals surface area contributed by atoms with Crippen molar-refractivity contribution in [1.82, 2.24) is 0 Å². The molecule has 1 atom stereocenters. The maximum absolute atomic E-state index is 2.35. The lowest BCUT2D eigenvalue weighted by atomic mass is 9.87. The standard InChI is InChI=1S/C23H27P/c1-3-5-12-18(4-2)17-21-22(19-13-8-6-9-14-19)24-23(21)20-15-10-7-11-16-20/h6-11,13-16,18H,3-5,12,17H2,1-2H3. The molecule has 0 fully saturated rings. The summed E-state index contributed by atoms with van der Waals surface area (Å²) < 4.78 is 0. The number of benzene rings is 2. The Balaban J connectivity index is 1.87. The molecule has 0 amide bonds. The molecular weight excluding hydrogens is 307 g/mol. The van der Waals surface area contributed by atoms with Crippen molar-refractivity contribution in [3.63, 3.8) is 0 Å². The third-order valence-corrected chi connectivity index (χ3v) is 6.43. The maximum Gasteiger partial charge on any atom is 0.0138 e. The largest absolute Gasteiger partial charge is 0.0654 e. The molecule has 1 heteroatoms. The number of allylic oxidation sites excluding steroid dienone is 1. The summed E-state index contributed by atoms with van der Waals surface area (Å²) in [6.07, 6.45) is 6.53. The van der Waals surface area contributed by atoms with E-state index in [-0.39, 0.29) is 0 Å². The van der Waals surface area contributed by atoms with E-state index in [1.807, 2.05) is 0 Å². The molecule has 0 radical (unpaired) electrons. The van der Waals surface area contributed by atoms with Crippen LogP contribution in [0.4, 0.5) is 0 Å². The molecule has 2 aromatic carbocycles. The number of hydrogen-bond acceptors (Lipinski definition) is 0. The average Bonchev–Trinajstić information content (AvgIpc) is 2.63. The van der Waals surface area contributed by atoms with Gasteiger partial charge >= 0.3 is 0 Å². The van der Waals surface area contributed by atoms with Crippen LogP contribution < -0.4 is 0 Å². The summed E-state index contributed by atoms with van der Waals surface area (Å²) in [4.78, 5) is 0. The minimum absolute atomic E-state index is 0.813. The third-order valence-electron chi connectivity index (χ3n) is 4.93. The number of hydrogen-bond donors (Lipinski definition) is 0. The van der Waals surface area contributed by atoms with E-state index in [1.54, 1.807) is 16.2 Å². The summed E-state index contributed by atoms with van der Waals surface area (Å²) in [6, 6.07) is 21.9. The second-order valence-electron chi connectivity index (χ2n) is 6.64. The fourth-order valence-electron chi connectivity index (χ4n) is 3.40. The zero-order chi connectivity index (χ0) is 16.8. The van der Waals surface area contributed by atoms with Crippen LogP contribution in [-0.2, 0) is 0 Å². The van der Waals surface area contributed by atoms with E-state index in [1.165, 1.54) is 51.4 Å². The molecule has 0 nitrogen and oxygen atoms in total. The quantitative estimate of drug-likeness (QED) is 0.448. The maximum atomic E-state index is 2.35. The molecule has 0 spiro atoms. The zero-order valence-electron chi connectivity index (χ0n) is 14.8. The van der Waals surface area contributed by atoms with E-state index in [9.17, 15) is 0 Å². The normalized spacial score (nSPS) is 15.7. The lowest BCUT2D eigenvalue weighted by Gasteiger charge is -2.28. The van der Waals surface area contributed by atoms with Crippen molar-refractivity contribution in [3.05, 3.63) is 77.4 Å². The van der Waals surface area contributed by atoms with Gasteiger partial charge in [0, 0.05) is 10.6 Å². The van der Waals surface area contributed by atoms with Crippen molar-refractivity contribution in [2.45, 2.75) is 46.0 Å². The van der Waals surface area contributed by atoms with Crippen LogP contribution in [0.1, 0.15) is 57.1 Å². The minimum atomic E-state index is 0.813. The first-order valence-corrected chi connectivity index (χ1v) is 10.2. The highest BCUT2D eigenvalue weighted by Crippen LogP contribution is 2.46. The lowest BCUT2D eigenvalue weighted by molar-refractivity contribution is 0.453. The second-order valence-corrected chi connectivity index (χ2v) is 7.76. The minimum Gasteiger partial charge on any atom is -0.0654 e. The Labute approximate surface area is 148 Å². The first-order chi connectivity index (χ1) is 11.8. The highest BCUT2D eigenvalue weighted by atomic mass is 31.1. The van der Waals surface area contributed by atoms with Gasteiger partial charge < -0.3 is 0 Å². The van der Waals surface area contributed by atoms with Crippen LogP contribution in [0.15, 0.2) is 66.2 Å². The SMILES string of the molecule is CCCCC(CC)CC1=C(c2ccccc2)P=C1c1ccccc1. The molecule has 124 valence electrons. The Kier molecular flexibility index (Phi) is 6.05. The molecule has 0 bridgehead atoms. The van der Waals surface area contributed by atoms with Crippen molar-refractivity contribution >= 4 is 18.8 Å². The molecule has 1 unspecified atom stereocenters. The van der Waals surface area contributed by atoms with Gasteiger partial charge in [-0.15, -0.1) is 0 Å². The second kappa shape index (κ2) is 8.45. The summed E-state index contributed by atoms with van der Waals surface area (Å²) in [5.41, 5.74) is 4.41. The Morgan fingerprint density at radius 3 is 2.04 bits per heavy atom. The Hall–Kier alpha value is -1.65. The van der Waals surface area contributed by atoms with Gasteiger partial charge in [-0.3, -0.25) is 0 Å². The first kappa shape index (κ1) is 17.2. The molecule has 0 aliphatic carbocycles. The van der Waals surface area contributed by atoms with Crippen LogP contribution in [0.2, 0.25) is 0 Å². The molecule has 2 aromatic rings. The van der Waals surface area contributed by atoms with Gasteiger partial charge in [0.1, 0.15) is 0 Å². The molecule has 0 saturated heterocycles. The summed E-state index contributed by atoms with van der Waals surface area (Å²) in [6.45, 7) is 4.65. The molecule has 1 aliphatic heterocycles. The van der Waals surface area contributed by atoms with E-state index < -0.39 is 0 Å².